The Hall–Kier alpha value is -2.11. The number of halogens is 1. The number of nitrogens with one attached hydrogen (secondary N) is 1. The minimum atomic E-state index is -0.815. The molecular formula is C17H15FN2OS. The summed E-state index contributed by atoms with van der Waals surface area (Å²) in [4.78, 5) is 8.46. The van der Waals surface area contributed by atoms with Crippen molar-refractivity contribution in [2.24, 2.45) is 0 Å². The maximum Gasteiger partial charge on any atom is 0.140 e. The topological polar surface area (TPSA) is 48.9 Å². The fourth-order valence-corrected chi connectivity index (χ4v) is 2.60. The van der Waals surface area contributed by atoms with E-state index in [1.54, 1.807) is 30.1 Å². The van der Waals surface area contributed by atoms with Crippen LogP contribution in [0, 0.1) is 5.82 Å². The lowest BCUT2D eigenvalue weighted by Gasteiger charge is -2.08. The number of rotatable bonds is 4. The number of nitrogens with zero attached hydrogens (tertiary/aromatic N) is 1. The molecule has 0 aliphatic rings. The number of H-pyrrole nitrogens is 1. The SMILES string of the molecule is CSc1ccc(C(O)c2ncc(-c3ccc(F)cc3)[nH]2)cc1. The van der Waals surface area contributed by atoms with Gasteiger partial charge in [0.2, 0.25) is 0 Å². The van der Waals surface area contributed by atoms with Gasteiger partial charge < -0.3 is 10.1 Å². The Labute approximate surface area is 132 Å². The molecule has 5 heteroatoms. The lowest BCUT2D eigenvalue weighted by molar-refractivity contribution is 0.211. The van der Waals surface area contributed by atoms with Gasteiger partial charge in [-0.3, -0.25) is 0 Å². The molecule has 0 radical (unpaired) electrons. The molecule has 0 aliphatic carbocycles. The third kappa shape index (κ3) is 3.05. The lowest BCUT2D eigenvalue weighted by Crippen LogP contribution is -2.01. The highest BCUT2D eigenvalue weighted by molar-refractivity contribution is 7.98. The van der Waals surface area contributed by atoms with Crippen molar-refractivity contribution < 1.29 is 9.50 Å². The molecule has 2 aromatic carbocycles. The Morgan fingerprint density at radius 3 is 2.41 bits per heavy atom. The highest BCUT2D eigenvalue weighted by atomic mass is 32.2. The van der Waals surface area contributed by atoms with E-state index in [0.29, 0.717) is 5.82 Å². The van der Waals surface area contributed by atoms with Gasteiger partial charge in [-0.05, 0) is 53.8 Å². The van der Waals surface area contributed by atoms with Crippen molar-refractivity contribution in [1.82, 2.24) is 9.97 Å². The molecule has 3 aromatic rings. The summed E-state index contributed by atoms with van der Waals surface area (Å²) in [7, 11) is 0. The van der Waals surface area contributed by atoms with Gasteiger partial charge in [0.05, 0.1) is 11.9 Å². The third-order valence-electron chi connectivity index (χ3n) is 3.44. The van der Waals surface area contributed by atoms with Gasteiger partial charge in [0.15, 0.2) is 0 Å². The summed E-state index contributed by atoms with van der Waals surface area (Å²) < 4.78 is 13.0. The first kappa shape index (κ1) is 14.8. The molecule has 0 aliphatic heterocycles. The number of aliphatic hydroxyl groups is 1. The van der Waals surface area contributed by atoms with Gasteiger partial charge in [-0.25, -0.2) is 9.37 Å². The van der Waals surface area contributed by atoms with Gasteiger partial charge in [-0.2, -0.15) is 0 Å². The molecule has 0 spiro atoms. The number of aliphatic hydroxyl groups excluding tert-OH is 1. The van der Waals surface area contributed by atoms with Gasteiger partial charge in [-0.1, -0.05) is 12.1 Å². The Kier molecular flexibility index (Phi) is 4.27. The maximum absolute atomic E-state index is 13.0. The van der Waals surface area contributed by atoms with Crippen LogP contribution in [0.25, 0.3) is 11.3 Å². The van der Waals surface area contributed by atoms with Crippen LogP contribution in [0.5, 0.6) is 0 Å². The number of benzene rings is 2. The van der Waals surface area contributed by atoms with E-state index < -0.39 is 6.10 Å². The Morgan fingerprint density at radius 1 is 1.09 bits per heavy atom. The number of hydrogen-bond acceptors (Lipinski definition) is 3. The standard InChI is InChI=1S/C17H15FN2OS/c1-22-14-8-4-12(5-9-14)16(21)17-19-10-15(20-17)11-2-6-13(18)7-3-11/h2-10,16,21H,1H3,(H,19,20). The minimum absolute atomic E-state index is 0.280. The summed E-state index contributed by atoms with van der Waals surface area (Å²) in [5.74, 6) is 0.189. The van der Waals surface area contributed by atoms with E-state index in [4.69, 9.17) is 0 Å². The van der Waals surface area contributed by atoms with Crippen LogP contribution < -0.4 is 0 Å². The maximum atomic E-state index is 13.0. The minimum Gasteiger partial charge on any atom is -0.380 e. The molecular weight excluding hydrogens is 299 g/mol. The van der Waals surface area contributed by atoms with Crippen molar-refractivity contribution in [1.29, 1.82) is 0 Å². The Bertz CT molecular complexity index is 753. The molecule has 3 rings (SSSR count). The molecule has 1 unspecified atom stereocenters. The van der Waals surface area contributed by atoms with Crippen molar-refractivity contribution in [3.05, 3.63) is 71.9 Å². The van der Waals surface area contributed by atoms with Crippen molar-refractivity contribution in [3.63, 3.8) is 0 Å². The monoisotopic (exact) mass is 314 g/mol. The molecule has 0 amide bonds. The van der Waals surface area contributed by atoms with Gasteiger partial charge >= 0.3 is 0 Å². The van der Waals surface area contributed by atoms with E-state index in [-0.39, 0.29) is 5.82 Å². The van der Waals surface area contributed by atoms with Crippen molar-refractivity contribution >= 4 is 11.8 Å². The first-order chi connectivity index (χ1) is 10.7. The smallest absolute Gasteiger partial charge is 0.140 e. The third-order valence-corrected chi connectivity index (χ3v) is 4.18. The zero-order chi connectivity index (χ0) is 15.5. The van der Waals surface area contributed by atoms with Crippen LogP contribution in [0.1, 0.15) is 17.5 Å². The highest BCUT2D eigenvalue weighted by Crippen LogP contribution is 2.25. The van der Waals surface area contributed by atoms with E-state index in [1.165, 1.54) is 12.1 Å². The van der Waals surface area contributed by atoms with Crippen molar-refractivity contribution in [2.45, 2.75) is 11.0 Å². The van der Waals surface area contributed by atoms with Crippen LogP contribution in [0.2, 0.25) is 0 Å². The molecule has 1 heterocycles. The fraction of sp³-hybridized carbons (Fsp3) is 0.118. The van der Waals surface area contributed by atoms with Crippen LogP contribution in [-0.2, 0) is 0 Å². The summed E-state index contributed by atoms with van der Waals surface area (Å²) in [6.07, 6.45) is 2.83. The molecule has 1 atom stereocenters. The predicted molar refractivity (Wildman–Crippen MR) is 86.3 cm³/mol. The second-order valence-electron chi connectivity index (χ2n) is 4.86. The first-order valence-corrected chi connectivity index (χ1v) is 8.02. The average Bonchev–Trinajstić information content (AvgIpc) is 3.05. The van der Waals surface area contributed by atoms with Gasteiger partial charge in [0, 0.05) is 4.90 Å². The Balaban J connectivity index is 1.84. The van der Waals surface area contributed by atoms with Crippen LogP contribution in [0.4, 0.5) is 4.39 Å². The number of aromatic amines is 1. The highest BCUT2D eigenvalue weighted by Gasteiger charge is 2.14. The Morgan fingerprint density at radius 2 is 1.77 bits per heavy atom. The number of aromatic nitrogens is 2. The number of hydrogen-bond donors (Lipinski definition) is 2. The van der Waals surface area contributed by atoms with Crippen LogP contribution in [-0.4, -0.2) is 21.3 Å². The molecule has 3 nitrogen and oxygen atoms in total. The van der Waals surface area contributed by atoms with E-state index >= 15 is 0 Å². The second-order valence-corrected chi connectivity index (χ2v) is 5.74. The molecule has 0 bridgehead atoms. The lowest BCUT2D eigenvalue weighted by atomic mass is 10.1. The van der Waals surface area contributed by atoms with Gasteiger partial charge in [0.25, 0.3) is 0 Å². The molecule has 1 aromatic heterocycles. The van der Waals surface area contributed by atoms with Crippen molar-refractivity contribution in [2.75, 3.05) is 6.26 Å². The summed E-state index contributed by atoms with van der Waals surface area (Å²) in [6, 6.07) is 13.8. The van der Waals surface area contributed by atoms with Crippen LogP contribution >= 0.6 is 11.8 Å². The number of imidazole rings is 1. The summed E-state index contributed by atoms with van der Waals surface area (Å²) in [5.41, 5.74) is 2.35. The van der Waals surface area contributed by atoms with E-state index in [9.17, 15) is 9.50 Å². The average molecular weight is 314 g/mol. The molecule has 2 N–H and O–H groups in total. The zero-order valence-electron chi connectivity index (χ0n) is 12.0. The van der Waals surface area contributed by atoms with Gasteiger partial charge in [0.1, 0.15) is 17.7 Å². The van der Waals surface area contributed by atoms with Gasteiger partial charge in [-0.15, -0.1) is 11.8 Å². The van der Waals surface area contributed by atoms with Crippen LogP contribution in [0.15, 0.2) is 59.6 Å². The predicted octanol–water partition coefficient (Wildman–Crippen LogP) is 4.02. The molecule has 0 saturated carbocycles. The largest absolute Gasteiger partial charge is 0.380 e. The quantitative estimate of drug-likeness (QED) is 0.715. The fourth-order valence-electron chi connectivity index (χ4n) is 2.20. The van der Waals surface area contributed by atoms with E-state index in [2.05, 4.69) is 9.97 Å². The van der Waals surface area contributed by atoms with E-state index in [0.717, 1.165) is 21.7 Å². The number of thioether (sulfide) groups is 1. The van der Waals surface area contributed by atoms with Crippen molar-refractivity contribution in [3.8, 4) is 11.3 Å². The molecule has 22 heavy (non-hydrogen) atoms. The normalized spacial score (nSPS) is 12.3. The second kappa shape index (κ2) is 6.34. The zero-order valence-corrected chi connectivity index (χ0v) is 12.8. The summed E-state index contributed by atoms with van der Waals surface area (Å²) in [5, 5.41) is 10.4. The summed E-state index contributed by atoms with van der Waals surface area (Å²) >= 11 is 1.65. The molecule has 112 valence electrons. The molecule has 0 saturated heterocycles. The summed E-state index contributed by atoms with van der Waals surface area (Å²) in [6.45, 7) is 0. The van der Waals surface area contributed by atoms with Crippen LogP contribution in [0.3, 0.4) is 0 Å². The first-order valence-electron chi connectivity index (χ1n) is 6.80. The van der Waals surface area contributed by atoms with E-state index in [1.807, 2.05) is 30.5 Å². The molecule has 0 fully saturated rings.